The smallest absolute Gasteiger partial charge is 0.306 e. The first-order chi connectivity index (χ1) is 10.4. The number of para-hydroxylation sites is 1. The number of nitro groups is 1. The SMILES string of the molecule is Cc1cccc(C(=O)NC2CCC(C(=O)O)CC2)c1[N+](=O)[O-]. The highest BCUT2D eigenvalue weighted by Gasteiger charge is 2.29. The van der Waals surface area contributed by atoms with Crippen LogP contribution in [0.5, 0.6) is 0 Å². The zero-order valence-electron chi connectivity index (χ0n) is 12.2. The molecule has 0 spiro atoms. The lowest BCUT2D eigenvalue weighted by Crippen LogP contribution is -2.39. The molecule has 0 saturated heterocycles. The number of aryl methyl sites for hydroxylation is 1. The normalized spacial score (nSPS) is 21.1. The summed E-state index contributed by atoms with van der Waals surface area (Å²) in [6, 6.07) is 4.50. The maximum Gasteiger partial charge on any atom is 0.306 e. The van der Waals surface area contributed by atoms with Gasteiger partial charge in [-0.3, -0.25) is 19.7 Å². The third kappa shape index (κ3) is 3.41. The summed E-state index contributed by atoms with van der Waals surface area (Å²) < 4.78 is 0. The first-order valence-corrected chi connectivity index (χ1v) is 7.17. The summed E-state index contributed by atoms with van der Waals surface area (Å²) in [6.07, 6.45) is 2.16. The molecule has 22 heavy (non-hydrogen) atoms. The van der Waals surface area contributed by atoms with Crippen molar-refractivity contribution >= 4 is 17.6 Å². The molecule has 0 aromatic heterocycles. The van der Waals surface area contributed by atoms with Gasteiger partial charge in [-0.15, -0.1) is 0 Å². The second-order valence-corrected chi connectivity index (χ2v) is 5.59. The number of amides is 1. The lowest BCUT2D eigenvalue weighted by atomic mass is 9.86. The summed E-state index contributed by atoms with van der Waals surface area (Å²) in [5.74, 6) is -1.64. The number of carbonyl (C=O) groups excluding carboxylic acids is 1. The van der Waals surface area contributed by atoms with Gasteiger partial charge in [-0.25, -0.2) is 0 Å². The summed E-state index contributed by atoms with van der Waals surface area (Å²) >= 11 is 0. The van der Waals surface area contributed by atoms with E-state index >= 15 is 0 Å². The second kappa shape index (κ2) is 6.55. The van der Waals surface area contributed by atoms with Crippen molar-refractivity contribution in [2.24, 2.45) is 5.92 Å². The van der Waals surface area contributed by atoms with Gasteiger partial charge in [0, 0.05) is 11.6 Å². The third-order valence-electron chi connectivity index (χ3n) is 4.08. The topological polar surface area (TPSA) is 110 Å². The molecule has 0 unspecified atom stereocenters. The average molecular weight is 306 g/mol. The Balaban J connectivity index is 2.07. The number of aliphatic carboxylic acids is 1. The van der Waals surface area contributed by atoms with Crippen molar-refractivity contribution in [3.63, 3.8) is 0 Å². The van der Waals surface area contributed by atoms with Gasteiger partial charge in [0.1, 0.15) is 5.56 Å². The van der Waals surface area contributed by atoms with E-state index in [1.54, 1.807) is 19.1 Å². The molecule has 0 atom stereocenters. The predicted octanol–water partition coefficient (Wildman–Crippen LogP) is 2.28. The number of nitrogens with zero attached hydrogens (tertiary/aromatic N) is 1. The van der Waals surface area contributed by atoms with Crippen LogP contribution in [0.2, 0.25) is 0 Å². The maximum atomic E-state index is 12.3. The van der Waals surface area contributed by atoms with E-state index in [2.05, 4.69) is 5.32 Å². The molecule has 2 N–H and O–H groups in total. The Hall–Kier alpha value is -2.44. The van der Waals surface area contributed by atoms with Crippen LogP contribution in [0.25, 0.3) is 0 Å². The van der Waals surface area contributed by atoms with E-state index in [0.29, 0.717) is 31.2 Å². The summed E-state index contributed by atoms with van der Waals surface area (Å²) in [5, 5.41) is 22.8. The zero-order chi connectivity index (χ0) is 16.3. The van der Waals surface area contributed by atoms with Gasteiger partial charge in [0.2, 0.25) is 0 Å². The second-order valence-electron chi connectivity index (χ2n) is 5.59. The molecule has 1 aromatic carbocycles. The van der Waals surface area contributed by atoms with E-state index in [1.165, 1.54) is 6.07 Å². The van der Waals surface area contributed by atoms with Gasteiger partial charge in [0.25, 0.3) is 11.6 Å². The van der Waals surface area contributed by atoms with Crippen LogP contribution in [0.15, 0.2) is 18.2 Å². The molecule has 1 aliphatic rings. The Morgan fingerprint density at radius 2 is 1.91 bits per heavy atom. The van der Waals surface area contributed by atoms with Crippen molar-refractivity contribution in [1.29, 1.82) is 0 Å². The maximum absolute atomic E-state index is 12.3. The monoisotopic (exact) mass is 306 g/mol. The third-order valence-corrected chi connectivity index (χ3v) is 4.08. The molecule has 1 fully saturated rings. The van der Waals surface area contributed by atoms with Gasteiger partial charge >= 0.3 is 5.97 Å². The highest BCUT2D eigenvalue weighted by molar-refractivity contribution is 5.98. The number of carbonyl (C=O) groups is 2. The standard InChI is InChI=1S/C15H18N2O5/c1-9-3-2-4-12(13(9)17(21)22)14(18)16-11-7-5-10(6-8-11)15(19)20/h2-4,10-11H,5-8H2,1H3,(H,16,18)(H,19,20). The number of rotatable bonds is 4. The number of nitrogens with one attached hydrogen (secondary N) is 1. The molecule has 0 bridgehead atoms. The van der Waals surface area contributed by atoms with Gasteiger partial charge in [0.15, 0.2) is 0 Å². The molecule has 0 radical (unpaired) electrons. The van der Waals surface area contributed by atoms with E-state index in [1.807, 2.05) is 0 Å². The van der Waals surface area contributed by atoms with Crippen molar-refractivity contribution in [1.82, 2.24) is 5.32 Å². The number of hydrogen-bond donors (Lipinski definition) is 2. The van der Waals surface area contributed by atoms with Crippen molar-refractivity contribution in [2.75, 3.05) is 0 Å². The number of carboxylic acid groups (broad SMARTS) is 1. The molecule has 7 nitrogen and oxygen atoms in total. The summed E-state index contributed by atoms with van der Waals surface area (Å²) in [4.78, 5) is 33.7. The summed E-state index contributed by atoms with van der Waals surface area (Å²) in [5.41, 5.74) is 0.303. The van der Waals surface area contributed by atoms with Crippen LogP contribution in [0.1, 0.15) is 41.6 Å². The molecule has 7 heteroatoms. The fraction of sp³-hybridized carbons (Fsp3) is 0.467. The molecule has 0 aliphatic heterocycles. The fourth-order valence-electron chi connectivity index (χ4n) is 2.83. The minimum atomic E-state index is -0.806. The van der Waals surface area contributed by atoms with Crippen molar-refractivity contribution < 1.29 is 19.6 Å². The molecule has 2 rings (SSSR count). The predicted molar refractivity (Wildman–Crippen MR) is 78.7 cm³/mol. The van der Waals surface area contributed by atoms with Crippen molar-refractivity contribution in [2.45, 2.75) is 38.6 Å². The number of hydrogen-bond acceptors (Lipinski definition) is 4. The quantitative estimate of drug-likeness (QED) is 0.655. The number of benzene rings is 1. The average Bonchev–Trinajstić information content (AvgIpc) is 2.47. The van der Waals surface area contributed by atoms with E-state index in [9.17, 15) is 19.7 Å². The lowest BCUT2D eigenvalue weighted by molar-refractivity contribution is -0.385. The number of carboxylic acids is 1. The van der Waals surface area contributed by atoms with Gasteiger partial charge in [-0.05, 0) is 38.7 Å². The van der Waals surface area contributed by atoms with Gasteiger partial charge in [-0.1, -0.05) is 12.1 Å². The highest BCUT2D eigenvalue weighted by Crippen LogP contribution is 2.26. The molecular weight excluding hydrogens is 288 g/mol. The van der Waals surface area contributed by atoms with Crippen LogP contribution in [-0.4, -0.2) is 27.9 Å². The van der Waals surface area contributed by atoms with Crippen molar-refractivity contribution in [3.8, 4) is 0 Å². The van der Waals surface area contributed by atoms with Gasteiger partial charge in [0.05, 0.1) is 10.8 Å². The van der Waals surface area contributed by atoms with E-state index in [-0.39, 0.29) is 23.2 Å². The minimum Gasteiger partial charge on any atom is -0.481 e. The van der Waals surface area contributed by atoms with Crippen LogP contribution in [0.3, 0.4) is 0 Å². The van der Waals surface area contributed by atoms with Gasteiger partial charge < -0.3 is 10.4 Å². The Morgan fingerprint density at radius 3 is 2.45 bits per heavy atom. The van der Waals surface area contributed by atoms with Gasteiger partial charge in [-0.2, -0.15) is 0 Å². The Kier molecular flexibility index (Phi) is 4.75. The fourth-order valence-corrected chi connectivity index (χ4v) is 2.83. The molecule has 1 saturated carbocycles. The summed E-state index contributed by atoms with van der Waals surface area (Å²) in [6.45, 7) is 1.59. The Labute approximate surface area is 127 Å². The molecule has 1 aromatic rings. The zero-order valence-corrected chi connectivity index (χ0v) is 12.2. The molecule has 118 valence electrons. The molecule has 1 amide bonds. The van der Waals surface area contributed by atoms with Crippen LogP contribution < -0.4 is 5.32 Å². The minimum absolute atomic E-state index is 0.0466. The first-order valence-electron chi connectivity index (χ1n) is 7.17. The number of nitro benzene ring substituents is 1. The first kappa shape index (κ1) is 15.9. The van der Waals surface area contributed by atoms with Crippen LogP contribution >= 0.6 is 0 Å². The summed E-state index contributed by atoms with van der Waals surface area (Å²) in [7, 11) is 0. The van der Waals surface area contributed by atoms with Crippen LogP contribution in [0, 0.1) is 23.0 Å². The van der Waals surface area contributed by atoms with E-state index < -0.39 is 16.8 Å². The Bertz CT molecular complexity index is 606. The van der Waals surface area contributed by atoms with Crippen LogP contribution in [-0.2, 0) is 4.79 Å². The molecule has 0 heterocycles. The lowest BCUT2D eigenvalue weighted by Gasteiger charge is -2.26. The van der Waals surface area contributed by atoms with Crippen LogP contribution in [0.4, 0.5) is 5.69 Å². The van der Waals surface area contributed by atoms with E-state index in [0.717, 1.165) is 0 Å². The largest absolute Gasteiger partial charge is 0.481 e. The molecule has 1 aliphatic carbocycles. The molecular formula is C15H18N2O5. The Morgan fingerprint density at radius 1 is 1.27 bits per heavy atom. The van der Waals surface area contributed by atoms with E-state index in [4.69, 9.17) is 5.11 Å². The van der Waals surface area contributed by atoms with Crippen molar-refractivity contribution in [3.05, 3.63) is 39.4 Å². The highest BCUT2D eigenvalue weighted by atomic mass is 16.6.